The summed E-state index contributed by atoms with van der Waals surface area (Å²) in [4.78, 5) is 26.0. The van der Waals surface area contributed by atoms with E-state index in [1.165, 1.54) is 0 Å². The van der Waals surface area contributed by atoms with Crippen LogP contribution in [0.2, 0.25) is 0 Å². The first kappa shape index (κ1) is 17.8. The van der Waals surface area contributed by atoms with Crippen molar-refractivity contribution in [2.75, 3.05) is 7.11 Å². The van der Waals surface area contributed by atoms with E-state index in [0.717, 1.165) is 43.2 Å². The molecule has 2 bridgehead atoms. The average molecular weight is 397 g/mol. The van der Waals surface area contributed by atoms with Gasteiger partial charge in [-0.3, -0.25) is 9.59 Å². The molecule has 4 aliphatic carbocycles. The number of ketones is 1. The van der Waals surface area contributed by atoms with Crippen LogP contribution in [0.1, 0.15) is 62.5 Å². The summed E-state index contributed by atoms with van der Waals surface area (Å²) >= 11 is 0. The van der Waals surface area contributed by atoms with Crippen LogP contribution in [0, 0.1) is 5.92 Å². The second-order valence-electron chi connectivity index (χ2n) is 9.66. The molecule has 3 fully saturated rings. The summed E-state index contributed by atoms with van der Waals surface area (Å²) in [6, 6.07) is 3.91. The third-order valence-corrected chi connectivity index (χ3v) is 8.62. The zero-order valence-electron chi connectivity index (χ0n) is 16.8. The first-order chi connectivity index (χ1) is 14.0. The normalized spacial score (nSPS) is 39.2. The highest BCUT2D eigenvalue weighted by Crippen LogP contribution is 2.68. The molecule has 0 radical (unpaired) electrons. The average Bonchev–Trinajstić information content (AvgIpc) is 2.99. The quantitative estimate of drug-likeness (QED) is 0.817. The van der Waals surface area contributed by atoms with E-state index in [9.17, 15) is 14.7 Å². The molecule has 6 heteroatoms. The number of carbonyl (C=O) groups excluding carboxylic acids is 2. The fourth-order valence-electron chi connectivity index (χ4n) is 7.07. The molecule has 6 rings (SSSR count). The van der Waals surface area contributed by atoms with Crippen molar-refractivity contribution in [2.24, 2.45) is 5.92 Å². The topological polar surface area (TPSA) is 84.9 Å². The Morgan fingerprint density at radius 1 is 1.24 bits per heavy atom. The summed E-state index contributed by atoms with van der Waals surface area (Å²) in [6.45, 7) is 0. The van der Waals surface area contributed by atoms with Gasteiger partial charge < -0.3 is 19.9 Å². The maximum absolute atomic E-state index is 13.0. The van der Waals surface area contributed by atoms with E-state index in [4.69, 9.17) is 9.47 Å². The minimum Gasteiger partial charge on any atom is -0.493 e. The van der Waals surface area contributed by atoms with Crippen LogP contribution in [0.15, 0.2) is 12.1 Å². The van der Waals surface area contributed by atoms with E-state index in [1.54, 1.807) is 7.11 Å². The van der Waals surface area contributed by atoms with Gasteiger partial charge in [-0.25, -0.2) is 0 Å². The smallest absolute Gasteiger partial charge is 0.223 e. The van der Waals surface area contributed by atoms with Crippen LogP contribution >= 0.6 is 0 Å². The predicted molar refractivity (Wildman–Crippen MR) is 104 cm³/mol. The number of methoxy groups -OCH3 is 1. The largest absolute Gasteiger partial charge is 0.493 e. The monoisotopic (exact) mass is 397 g/mol. The van der Waals surface area contributed by atoms with Gasteiger partial charge in [0.25, 0.3) is 0 Å². The number of amides is 1. The summed E-state index contributed by atoms with van der Waals surface area (Å²) in [7, 11) is 1.60. The van der Waals surface area contributed by atoms with Crippen molar-refractivity contribution in [3.8, 4) is 11.5 Å². The highest BCUT2D eigenvalue weighted by Gasteiger charge is 2.76. The van der Waals surface area contributed by atoms with Crippen LogP contribution in [0.3, 0.4) is 0 Å². The first-order valence-electron chi connectivity index (χ1n) is 10.9. The van der Waals surface area contributed by atoms with Gasteiger partial charge in [0.1, 0.15) is 5.60 Å². The van der Waals surface area contributed by atoms with Crippen molar-refractivity contribution in [3.05, 3.63) is 23.3 Å². The fraction of sp³-hybridized carbons (Fsp3) is 0.652. The van der Waals surface area contributed by atoms with Crippen molar-refractivity contribution in [2.45, 2.75) is 80.4 Å². The number of nitrogens with one attached hydrogen (secondary N) is 1. The summed E-state index contributed by atoms with van der Waals surface area (Å²) < 4.78 is 11.8. The van der Waals surface area contributed by atoms with Gasteiger partial charge in [0.05, 0.1) is 18.1 Å². The lowest BCUT2D eigenvalue weighted by atomic mass is 9.43. The van der Waals surface area contributed by atoms with Gasteiger partial charge in [0.15, 0.2) is 23.4 Å². The van der Waals surface area contributed by atoms with Crippen LogP contribution in [-0.4, -0.2) is 41.2 Å². The molecule has 4 atom stereocenters. The highest BCUT2D eigenvalue weighted by atomic mass is 16.5. The minimum absolute atomic E-state index is 0.0434. The standard InChI is InChI=1S/C23H27NO5/c1-28-16-7-6-14-12-21(24-20(26)13-4-2-5-13)9-3-10-22-17(14)18(16)29-19(22)15(25)8-11-23(21,22)27/h6-7,13,19,27H,2-5,8-12H2,1H3,(H,24,26)/t19-,21?,22?,23+/m1/s1. The molecule has 29 heavy (non-hydrogen) atoms. The van der Waals surface area contributed by atoms with E-state index >= 15 is 0 Å². The summed E-state index contributed by atoms with van der Waals surface area (Å²) in [5.74, 6) is 1.39. The molecule has 0 saturated heterocycles. The van der Waals surface area contributed by atoms with Crippen molar-refractivity contribution in [1.29, 1.82) is 0 Å². The third-order valence-electron chi connectivity index (χ3n) is 8.62. The Morgan fingerprint density at radius 2 is 2.07 bits per heavy atom. The number of ether oxygens (including phenoxy) is 2. The lowest BCUT2D eigenvalue weighted by Gasteiger charge is -2.65. The van der Waals surface area contributed by atoms with Crippen molar-refractivity contribution in [1.82, 2.24) is 5.32 Å². The number of benzene rings is 1. The van der Waals surface area contributed by atoms with E-state index in [1.807, 2.05) is 12.1 Å². The zero-order valence-corrected chi connectivity index (χ0v) is 16.8. The molecule has 0 aromatic heterocycles. The van der Waals surface area contributed by atoms with Crippen molar-refractivity contribution < 1.29 is 24.2 Å². The van der Waals surface area contributed by atoms with Crippen LogP contribution in [0.5, 0.6) is 11.5 Å². The zero-order chi connectivity index (χ0) is 20.0. The fourth-order valence-corrected chi connectivity index (χ4v) is 7.07. The Hall–Kier alpha value is -2.08. The van der Waals surface area contributed by atoms with Gasteiger partial charge in [-0.1, -0.05) is 12.5 Å². The minimum atomic E-state index is -1.19. The molecule has 154 valence electrons. The summed E-state index contributed by atoms with van der Waals surface area (Å²) in [6.07, 6.45) is 5.71. The molecule has 5 aliphatic rings. The van der Waals surface area contributed by atoms with Gasteiger partial charge in [-0.2, -0.15) is 0 Å². The van der Waals surface area contributed by atoms with Crippen LogP contribution in [0.4, 0.5) is 0 Å². The molecule has 3 saturated carbocycles. The van der Waals surface area contributed by atoms with E-state index < -0.39 is 22.7 Å². The van der Waals surface area contributed by atoms with E-state index in [2.05, 4.69) is 5.32 Å². The molecule has 2 unspecified atom stereocenters. The molecule has 1 aromatic rings. The molecule has 2 N–H and O–H groups in total. The molecule has 1 aliphatic heterocycles. The first-order valence-corrected chi connectivity index (χ1v) is 10.9. The number of hydrogen-bond acceptors (Lipinski definition) is 5. The summed E-state index contributed by atoms with van der Waals surface area (Å²) in [5, 5.41) is 15.7. The second kappa shape index (κ2) is 5.54. The van der Waals surface area contributed by atoms with Gasteiger partial charge in [0, 0.05) is 17.9 Å². The second-order valence-corrected chi connectivity index (χ2v) is 9.66. The van der Waals surface area contributed by atoms with E-state index in [0.29, 0.717) is 30.8 Å². The van der Waals surface area contributed by atoms with Gasteiger partial charge in [-0.05, 0) is 56.6 Å². The lowest BCUT2D eigenvalue weighted by Crippen LogP contribution is -2.81. The highest BCUT2D eigenvalue weighted by molar-refractivity contribution is 5.90. The predicted octanol–water partition coefficient (Wildman–Crippen LogP) is 2.18. The Kier molecular flexibility index (Phi) is 3.39. The Morgan fingerprint density at radius 3 is 2.79 bits per heavy atom. The Labute approximate surface area is 170 Å². The van der Waals surface area contributed by atoms with Crippen molar-refractivity contribution >= 4 is 11.7 Å². The molecule has 1 spiro atoms. The van der Waals surface area contributed by atoms with Crippen LogP contribution in [-0.2, 0) is 21.4 Å². The molecule has 1 aromatic carbocycles. The Balaban J connectivity index is 1.57. The third kappa shape index (κ3) is 1.88. The molecule has 1 amide bonds. The van der Waals surface area contributed by atoms with Gasteiger partial charge in [0.2, 0.25) is 5.91 Å². The van der Waals surface area contributed by atoms with Gasteiger partial charge in [-0.15, -0.1) is 0 Å². The van der Waals surface area contributed by atoms with Crippen molar-refractivity contribution in [3.63, 3.8) is 0 Å². The van der Waals surface area contributed by atoms with Crippen LogP contribution in [0.25, 0.3) is 0 Å². The molecule has 6 nitrogen and oxygen atoms in total. The number of aliphatic hydroxyl groups is 1. The lowest BCUT2D eigenvalue weighted by molar-refractivity contribution is -0.193. The number of Topliss-reactive ketones (excluding diaryl/α,β-unsaturated/α-hetero) is 1. The Bertz CT molecular complexity index is 939. The maximum atomic E-state index is 13.0. The SMILES string of the molecule is COc1ccc2c3c1O[C@@H]1C(=O)CC[C@]4(O)C(NC(=O)C5CCC5)(CCCC314)C2. The summed E-state index contributed by atoms with van der Waals surface area (Å²) in [5.41, 5.74) is -0.725. The molecular weight excluding hydrogens is 370 g/mol. The van der Waals surface area contributed by atoms with Crippen LogP contribution < -0.4 is 14.8 Å². The number of carbonyl (C=O) groups is 2. The molecule has 1 heterocycles. The van der Waals surface area contributed by atoms with E-state index in [-0.39, 0.29) is 24.0 Å². The number of hydrogen-bond donors (Lipinski definition) is 2. The maximum Gasteiger partial charge on any atom is 0.223 e. The molecular formula is C23H27NO5. The number of rotatable bonds is 3. The van der Waals surface area contributed by atoms with Gasteiger partial charge >= 0.3 is 0 Å².